The zero-order valence-electron chi connectivity index (χ0n) is 15.0. The van der Waals surface area contributed by atoms with Crippen LogP contribution in [-0.2, 0) is 4.79 Å². The molecule has 0 radical (unpaired) electrons. The summed E-state index contributed by atoms with van der Waals surface area (Å²) in [4.78, 5) is 10.6. The van der Waals surface area contributed by atoms with Crippen LogP contribution in [-0.4, -0.2) is 45.2 Å². The summed E-state index contributed by atoms with van der Waals surface area (Å²) in [5.74, 6) is -1.36. The molecule has 5 nitrogen and oxygen atoms in total. The van der Waals surface area contributed by atoms with Crippen LogP contribution in [0.2, 0.25) is 0 Å². The van der Waals surface area contributed by atoms with Gasteiger partial charge in [0.1, 0.15) is 0 Å². The quantitative estimate of drug-likeness (QED) is 0.429. The molecule has 1 saturated carbocycles. The van der Waals surface area contributed by atoms with E-state index in [1.54, 1.807) is 6.08 Å². The Morgan fingerprint density at radius 2 is 1.88 bits per heavy atom. The summed E-state index contributed by atoms with van der Waals surface area (Å²) in [6.07, 6.45) is 14.1. The van der Waals surface area contributed by atoms with Gasteiger partial charge in [0.15, 0.2) is 0 Å². The zero-order valence-corrected chi connectivity index (χ0v) is 15.0. The molecular formula is C20H32O5. The number of aliphatic hydroxyl groups is 3. The lowest BCUT2D eigenvalue weighted by molar-refractivity contribution is -0.137. The van der Waals surface area contributed by atoms with Gasteiger partial charge < -0.3 is 20.4 Å². The van der Waals surface area contributed by atoms with Gasteiger partial charge in [-0.3, -0.25) is 4.79 Å². The van der Waals surface area contributed by atoms with Crippen molar-refractivity contribution in [1.29, 1.82) is 0 Å². The summed E-state index contributed by atoms with van der Waals surface area (Å²) in [5, 5.41) is 38.5. The van der Waals surface area contributed by atoms with Gasteiger partial charge in [-0.1, -0.05) is 43.4 Å². The van der Waals surface area contributed by atoms with E-state index in [9.17, 15) is 20.1 Å². The van der Waals surface area contributed by atoms with E-state index in [2.05, 4.69) is 25.2 Å². The van der Waals surface area contributed by atoms with Gasteiger partial charge in [-0.25, -0.2) is 0 Å². The van der Waals surface area contributed by atoms with Crippen LogP contribution in [0.4, 0.5) is 0 Å². The van der Waals surface area contributed by atoms with Gasteiger partial charge in [0.2, 0.25) is 0 Å². The van der Waals surface area contributed by atoms with Crippen LogP contribution in [0.3, 0.4) is 0 Å². The summed E-state index contributed by atoms with van der Waals surface area (Å²) in [6, 6.07) is 0. The Hall–Kier alpha value is -1.43. The molecule has 0 aromatic carbocycles. The number of rotatable bonds is 11. The van der Waals surface area contributed by atoms with Gasteiger partial charge in [0.25, 0.3) is 0 Å². The molecule has 0 aromatic rings. The Kier molecular flexibility index (Phi) is 10.4. The summed E-state index contributed by atoms with van der Waals surface area (Å²) in [7, 11) is 0. The first-order valence-electron chi connectivity index (χ1n) is 9.16. The van der Waals surface area contributed by atoms with E-state index in [1.807, 2.05) is 12.2 Å². The van der Waals surface area contributed by atoms with Gasteiger partial charge in [-0.05, 0) is 31.6 Å². The Morgan fingerprint density at radius 3 is 2.52 bits per heavy atom. The molecule has 1 aliphatic carbocycles. The largest absolute Gasteiger partial charge is 0.481 e. The number of allylic oxidation sites excluding steroid dienone is 4. The Morgan fingerprint density at radius 1 is 1.16 bits per heavy atom. The molecule has 4 N–H and O–H groups in total. The molecule has 0 spiro atoms. The monoisotopic (exact) mass is 352 g/mol. The summed E-state index contributed by atoms with van der Waals surface area (Å²) in [5.41, 5.74) is 0. The average Bonchev–Trinajstić information content (AvgIpc) is 2.84. The smallest absolute Gasteiger partial charge is 0.303 e. The standard InChI is InChI=1S/C20H32O5/c1-2-3-4-5-6-7-8-16-17(19(23)13-18(16)22)11-9-15(14-21)10-12-20(24)25/h3-4,6-7,9,11,15-19,21-23H,2,5,8,10,12-14H2,1H3,(H,24,25)/b4-3-,7-6-,11-9+/t15?,16-,17+,18-,19+/m1/s1. The SMILES string of the molecule is CC/C=C\C/C=C\C[C@@H]1[C@H](/C=C/C(CO)CCC(=O)O)[C@@H](O)C[C@H]1O. The lowest BCUT2D eigenvalue weighted by atomic mass is 9.88. The van der Waals surface area contributed by atoms with Crippen LogP contribution < -0.4 is 0 Å². The molecule has 0 heterocycles. The highest BCUT2D eigenvalue weighted by Gasteiger charge is 2.39. The predicted octanol–water partition coefficient (Wildman–Crippen LogP) is 2.68. The molecule has 5 heteroatoms. The zero-order chi connectivity index (χ0) is 18.7. The molecule has 142 valence electrons. The van der Waals surface area contributed by atoms with Crippen molar-refractivity contribution in [2.24, 2.45) is 17.8 Å². The van der Waals surface area contributed by atoms with Crippen molar-refractivity contribution >= 4 is 5.97 Å². The lowest BCUT2D eigenvalue weighted by Crippen LogP contribution is -2.20. The molecule has 0 amide bonds. The van der Waals surface area contributed by atoms with Gasteiger partial charge in [-0.15, -0.1) is 0 Å². The second kappa shape index (κ2) is 12.0. The van der Waals surface area contributed by atoms with Crippen LogP contribution in [0.15, 0.2) is 36.5 Å². The second-order valence-electron chi connectivity index (χ2n) is 6.69. The second-order valence-corrected chi connectivity index (χ2v) is 6.69. The first kappa shape index (κ1) is 21.6. The molecule has 1 aliphatic rings. The summed E-state index contributed by atoms with van der Waals surface area (Å²) < 4.78 is 0. The van der Waals surface area contributed by atoms with E-state index in [-0.39, 0.29) is 30.8 Å². The van der Waals surface area contributed by atoms with Gasteiger partial charge >= 0.3 is 5.97 Å². The molecular weight excluding hydrogens is 320 g/mol. The highest BCUT2D eigenvalue weighted by atomic mass is 16.4. The predicted molar refractivity (Wildman–Crippen MR) is 98.0 cm³/mol. The fourth-order valence-corrected chi connectivity index (χ4v) is 3.24. The number of carboxylic acids is 1. The topological polar surface area (TPSA) is 98.0 Å². The minimum atomic E-state index is -0.886. The van der Waals surface area contributed by atoms with Gasteiger partial charge in [-0.2, -0.15) is 0 Å². The fraction of sp³-hybridized carbons (Fsp3) is 0.650. The number of aliphatic carboxylic acids is 1. The number of carboxylic acid groups (broad SMARTS) is 1. The third-order valence-corrected chi connectivity index (χ3v) is 4.73. The highest BCUT2D eigenvalue weighted by Crippen LogP contribution is 2.36. The van der Waals surface area contributed by atoms with Gasteiger partial charge in [0, 0.05) is 31.3 Å². The molecule has 0 bridgehead atoms. The van der Waals surface area contributed by atoms with Crippen molar-refractivity contribution in [3.05, 3.63) is 36.5 Å². The Balaban J connectivity index is 2.62. The molecule has 25 heavy (non-hydrogen) atoms. The van der Waals surface area contributed by atoms with E-state index in [0.29, 0.717) is 19.3 Å². The van der Waals surface area contributed by atoms with Crippen LogP contribution in [0.1, 0.15) is 45.4 Å². The first-order chi connectivity index (χ1) is 12.0. The fourth-order valence-electron chi connectivity index (χ4n) is 3.24. The van der Waals surface area contributed by atoms with Crippen LogP contribution in [0, 0.1) is 17.8 Å². The molecule has 0 aliphatic heterocycles. The van der Waals surface area contributed by atoms with Crippen molar-refractivity contribution in [2.75, 3.05) is 6.61 Å². The van der Waals surface area contributed by atoms with Crippen molar-refractivity contribution in [1.82, 2.24) is 0 Å². The summed E-state index contributed by atoms with van der Waals surface area (Å²) in [6.45, 7) is 1.97. The van der Waals surface area contributed by atoms with Gasteiger partial charge in [0.05, 0.1) is 12.2 Å². The van der Waals surface area contributed by atoms with E-state index >= 15 is 0 Å². The van der Waals surface area contributed by atoms with Crippen LogP contribution in [0.5, 0.6) is 0 Å². The molecule has 1 fully saturated rings. The first-order valence-corrected chi connectivity index (χ1v) is 9.16. The van der Waals surface area contributed by atoms with Crippen LogP contribution >= 0.6 is 0 Å². The minimum Gasteiger partial charge on any atom is -0.481 e. The van der Waals surface area contributed by atoms with Crippen LogP contribution in [0.25, 0.3) is 0 Å². The molecule has 0 saturated heterocycles. The Labute approximate surface area is 150 Å². The average molecular weight is 352 g/mol. The molecule has 1 unspecified atom stereocenters. The number of hydrogen-bond acceptors (Lipinski definition) is 4. The number of carbonyl (C=O) groups is 1. The minimum absolute atomic E-state index is 0.00283. The van der Waals surface area contributed by atoms with E-state index in [4.69, 9.17) is 5.11 Å². The Bertz CT molecular complexity index is 469. The number of aliphatic hydroxyl groups excluding tert-OH is 3. The van der Waals surface area contributed by atoms with Crippen molar-refractivity contribution < 1.29 is 25.2 Å². The maximum atomic E-state index is 10.6. The van der Waals surface area contributed by atoms with Crippen molar-refractivity contribution in [3.63, 3.8) is 0 Å². The third-order valence-electron chi connectivity index (χ3n) is 4.73. The third kappa shape index (κ3) is 7.99. The highest BCUT2D eigenvalue weighted by molar-refractivity contribution is 5.66. The van der Waals surface area contributed by atoms with E-state index in [0.717, 1.165) is 12.8 Å². The normalized spacial score (nSPS) is 28.5. The molecule has 5 atom stereocenters. The lowest BCUT2D eigenvalue weighted by Gasteiger charge is -2.20. The van der Waals surface area contributed by atoms with Crippen molar-refractivity contribution in [2.45, 2.75) is 57.7 Å². The molecule has 1 rings (SSSR count). The maximum Gasteiger partial charge on any atom is 0.303 e. The molecule has 0 aromatic heterocycles. The van der Waals surface area contributed by atoms with Crippen molar-refractivity contribution in [3.8, 4) is 0 Å². The summed E-state index contributed by atoms with van der Waals surface area (Å²) >= 11 is 0. The maximum absolute atomic E-state index is 10.6. The van der Waals surface area contributed by atoms with E-state index < -0.39 is 18.2 Å². The number of hydrogen-bond donors (Lipinski definition) is 4. The van der Waals surface area contributed by atoms with E-state index in [1.165, 1.54) is 0 Å².